The second-order valence-electron chi connectivity index (χ2n) is 7.51. The van der Waals surface area contributed by atoms with Gasteiger partial charge in [-0.05, 0) is 44.0 Å². The number of rotatable bonds is 9. The lowest BCUT2D eigenvalue weighted by Crippen LogP contribution is -2.27. The number of carbonyl (C=O) groups excluding carboxylic acids is 2. The molecule has 31 heavy (non-hydrogen) atoms. The van der Waals surface area contributed by atoms with Crippen molar-refractivity contribution in [1.82, 2.24) is 15.3 Å². The summed E-state index contributed by atoms with van der Waals surface area (Å²) in [5, 5.41) is 5.58. The zero-order chi connectivity index (χ0) is 23.1. The van der Waals surface area contributed by atoms with Crippen LogP contribution in [-0.4, -0.2) is 34.8 Å². The first-order chi connectivity index (χ1) is 14.6. The molecule has 0 aliphatic heterocycles. The topological polar surface area (TPSA) is 93.2 Å². The van der Waals surface area contributed by atoms with Crippen LogP contribution in [-0.2, 0) is 11.2 Å². The van der Waals surface area contributed by atoms with Crippen LogP contribution in [0.2, 0.25) is 0 Å². The molecule has 0 fully saturated rings. The van der Waals surface area contributed by atoms with E-state index in [1.54, 1.807) is 39.8 Å². The van der Waals surface area contributed by atoms with Gasteiger partial charge in [0.2, 0.25) is 11.8 Å². The Hall–Kier alpha value is -3.10. The van der Waals surface area contributed by atoms with Gasteiger partial charge in [-0.1, -0.05) is 20.8 Å². The molecular weight excluding hydrogens is 406 g/mol. The molecule has 0 aliphatic rings. The summed E-state index contributed by atoms with van der Waals surface area (Å²) in [7, 11) is 0. The molecule has 7 nitrogen and oxygen atoms in total. The van der Waals surface area contributed by atoms with Crippen LogP contribution in [0.1, 0.15) is 60.9 Å². The van der Waals surface area contributed by atoms with Crippen LogP contribution < -0.4 is 15.4 Å². The maximum Gasteiger partial charge on any atom is 0.272 e. The van der Waals surface area contributed by atoms with Crippen molar-refractivity contribution in [3.05, 3.63) is 46.8 Å². The molecule has 0 saturated carbocycles. The fourth-order valence-corrected chi connectivity index (χ4v) is 2.78. The van der Waals surface area contributed by atoms with Crippen LogP contribution in [0.15, 0.2) is 24.4 Å². The number of amides is 2. The number of anilines is 1. The first-order valence-electron chi connectivity index (χ1n) is 10.1. The standard InChI is InChI=1S/C22H28F2N4O3/c1-6-15-8-17(10-25-22(15)31-11-18(23)24)14(5)27-21(30)16-7-13(4)26-19(9-16)28-20(29)12(2)3/h7-10,12,14,18H,6,11H2,1-5H3,(H,27,30)(H,26,28,29). The van der Waals surface area contributed by atoms with Crippen molar-refractivity contribution in [3.8, 4) is 5.88 Å². The molecular formula is C22H28F2N4O3. The van der Waals surface area contributed by atoms with Gasteiger partial charge in [-0.2, -0.15) is 0 Å². The maximum atomic E-state index is 12.8. The van der Waals surface area contributed by atoms with E-state index in [1.807, 2.05) is 6.92 Å². The second-order valence-corrected chi connectivity index (χ2v) is 7.51. The monoisotopic (exact) mass is 434 g/mol. The summed E-state index contributed by atoms with van der Waals surface area (Å²) >= 11 is 0. The smallest absolute Gasteiger partial charge is 0.272 e. The third kappa shape index (κ3) is 6.97. The summed E-state index contributed by atoms with van der Waals surface area (Å²) in [5.74, 6) is -0.265. The second kappa shape index (κ2) is 10.8. The Balaban J connectivity index is 2.14. The highest BCUT2D eigenvalue weighted by Gasteiger charge is 2.17. The minimum absolute atomic E-state index is 0.167. The largest absolute Gasteiger partial charge is 0.471 e. The lowest BCUT2D eigenvalue weighted by molar-refractivity contribution is -0.118. The van der Waals surface area contributed by atoms with Crippen molar-refractivity contribution in [2.75, 3.05) is 11.9 Å². The van der Waals surface area contributed by atoms with Gasteiger partial charge in [-0.25, -0.2) is 18.7 Å². The highest BCUT2D eigenvalue weighted by atomic mass is 19.3. The maximum absolute atomic E-state index is 12.8. The van der Waals surface area contributed by atoms with E-state index in [4.69, 9.17) is 4.74 Å². The van der Waals surface area contributed by atoms with Gasteiger partial charge in [0.05, 0.1) is 6.04 Å². The van der Waals surface area contributed by atoms with Crippen molar-refractivity contribution in [2.24, 2.45) is 5.92 Å². The minimum Gasteiger partial charge on any atom is -0.471 e. The predicted octanol–water partition coefficient (Wildman–Crippen LogP) is 4.08. The van der Waals surface area contributed by atoms with Crippen molar-refractivity contribution in [3.63, 3.8) is 0 Å². The number of hydrogen-bond acceptors (Lipinski definition) is 5. The number of pyridine rings is 2. The van der Waals surface area contributed by atoms with Gasteiger partial charge in [-0.15, -0.1) is 0 Å². The number of ether oxygens (including phenoxy) is 1. The van der Waals surface area contributed by atoms with E-state index in [1.165, 1.54) is 12.3 Å². The van der Waals surface area contributed by atoms with Crippen LogP contribution in [0, 0.1) is 12.8 Å². The summed E-state index contributed by atoms with van der Waals surface area (Å²) in [6.45, 7) is 8.21. The Labute approximate surface area is 180 Å². The SMILES string of the molecule is CCc1cc(C(C)NC(=O)c2cc(C)nc(NC(=O)C(C)C)c2)cnc1OCC(F)F. The number of alkyl halides is 2. The molecule has 2 aromatic heterocycles. The van der Waals surface area contributed by atoms with Gasteiger partial charge >= 0.3 is 0 Å². The number of nitrogens with one attached hydrogen (secondary N) is 2. The fraction of sp³-hybridized carbons (Fsp3) is 0.455. The molecule has 0 aromatic carbocycles. The van der Waals surface area contributed by atoms with Crippen molar-refractivity contribution < 1.29 is 23.1 Å². The predicted molar refractivity (Wildman–Crippen MR) is 113 cm³/mol. The molecule has 1 unspecified atom stereocenters. The van der Waals surface area contributed by atoms with Crippen LogP contribution in [0.4, 0.5) is 14.6 Å². The Morgan fingerprint density at radius 3 is 2.48 bits per heavy atom. The van der Waals surface area contributed by atoms with Gasteiger partial charge in [0, 0.05) is 28.9 Å². The highest BCUT2D eigenvalue weighted by molar-refractivity contribution is 5.97. The van der Waals surface area contributed by atoms with Crippen LogP contribution in [0.3, 0.4) is 0 Å². The third-order valence-electron chi connectivity index (χ3n) is 4.51. The van der Waals surface area contributed by atoms with E-state index in [-0.39, 0.29) is 23.6 Å². The van der Waals surface area contributed by atoms with Crippen LogP contribution in [0.25, 0.3) is 0 Å². The molecule has 2 amide bonds. The molecule has 2 rings (SSSR count). The molecule has 0 spiro atoms. The van der Waals surface area contributed by atoms with Crippen LogP contribution >= 0.6 is 0 Å². The van der Waals surface area contributed by atoms with Gasteiger partial charge in [-0.3, -0.25) is 9.59 Å². The van der Waals surface area contributed by atoms with Crippen LogP contribution in [0.5, 0.6) is 5.88 Å². The van der Waals surface area contributed by atoms with Crippen molar-refractivity contribution >= 4 is 17.6 Å². The van der Waals surface area contributed by atoms with Gasteiger partial charge in [0.25, 0.3) is 12.3 Å². The molecule has 2 heterocycles. The summed E-state index contributed by atoms with van der Waals surface area (Å²) in [4.78, 5) is 33.1. The Morgan fingerprint density at radius 1 is 1.16 bits per heavy atom. The molecule has 0 aliphatic carbocycles. The van der Waals surface area contributed by atoms with Crippen molar-refractivity contribution in [2.45, 2.75) is 53.5 Å². The summed E-state index contributed by atoms with van der Waals surface area (Å²) < 4.78 is 29.9. The van der Waals surface area contributed by atoms with Gasteiger partial charge in [0.1, 0.15) is 5.82 Å². The first-order valence-corrected chi connectivity index (χ1v) is 10.1. The van der Waals surface area contributed by atoms with E-state index in [2.05, 4.69) is 20.6 Å². The zero-order valence-electron chi connectivity index (χ0n) is 18.3. The number of aromatic nitrogens is 2. The average molecular weight is 434 g/mol. The number of aryl methyl sites for hydroxylation is 2. The van der Waals surface area contributed by atoms with Crippen molar-refractivity contribution in [1.29, 1.82) is 0 Å². The van der Waals surface area contributed by atoms with E-state index < -0.39 is 19.1 Å². The lowest BCUT2D eigenvalue weighted by Gasteiger charge is -2.17. The third-order valence-corrected chi connectivity index (χ3v) is 4.51. The first kappa shape index (κ1) is 24.2. The molecule has 9 heteroatoms. The average Bonchev–Trinajstić information content (AvgIpc) is 2.71. The van der Waals surface area contributed by atoms with E-state index in [9.17, 15) is 18.4 Å². The number of carbonyl (C=O) groups is 2. The fourth-order valence-electron chi connectivity index (χ4n) is 2.78. The molecule has 1 atom stereocenters. The minimum atomic E-state index is -2.58. The van der Waals surface area contributed by atoms with E-state index in [0.29, 0.717) is 34.6 Å². The zero-order valence-corrected chi connectivity index (χ0v) is 18.3. The molecule has 168 valence electrons. The normalized spacial score (nSPS) is 12.0. The molecule has 0 saturated heterocycles. The Morgan fingerprint density at radius 2 is 1.87 bits per heavy atom. The summed E-state index contributed by atoms with van der Waals surface area (Å²) in [5.41, 5.74) is 2.35. The molecule has 2 N–H and O–H groups in total. The number of hydrogen-bond donors (Lipinski definition) is 2. The number of nitrogens with zero attached hydrogens (tertiary/aromatic N) is 2. The van der Waals surface area contributed by atoms with E-state index >= 15 is 0 Å². The Kier molecular flexibility index (Phi) is 8.41. The Bertz CT molecular complexity index is 935. The van der Waals surface area contributed by atoms with Gasteiger partial charge in [0.15, 0.2) is 6.61 Å². The quantitative estimate of drug-likeness (QED) is 0.620. The highest BCUT2D eigenvalue weighted by Crippen LogP contribution is 2.22. The number of halogens is 2. The molecule has 2 aromatic rings. The van der Waals surface area contributed by atoms with Gasteiger partial charge < -0.3 is 15.4 Å². The molecule has 0 bridgehead atoms. The van der Waals surface area contributed by atoms with E-state index in [0.717, 1.165) is 0 Å². The lowest BCUT2D eigenvalue weighted by atomic mass is 10.1. The summed E-state index contributed by atoms with van der Waals surface area (Å²) in [6.07, 6.45) is -0.539. The molecule has 0 radical (unpaired) electrons. The summed E-state index contributed by atoms with van der Waals surface area (Å²) in [6, 6.07) is 4.54.